The van der Waals surface area contributed by atoms with E-state index in [-0.39, 0.29) is 5.75 Å². The van der Waals surface area contributed by atoms with Gasteiger partial charge in [-0.05, 0) is 18.2 Å². The Labute approximate surface area is 81.9 Å². The molecule has 0 spiro atoms. The van der Waals surface area contributed by atoms with E-state index in [4.69, 9.17) is 16.7 Å². The van der Waals surface area contributed by atoms with Crippen molar-refractivity contribution in [3.05, 3.63) is 28.8 Å². The number of rotatable bonds is 1. The molecule has 0 atom stereocenters. The van der Waals surface area contributed by atoms with E-state index in [0.29, 0.717) is 0 Å². The molecule has 0 heterocycles. The van der Waals surface area contributed by atoms with Gasteiger partial charge >= 0.3 is 6.18 Å². The zero-order valence-corrected chi connectivity index (χ0v) is 7.36. The number of carbonyl (C=O) groups excluding carboxylic acids is 1. The molecule has 0 radical (unpaired) electrons. The van der Waals surface area contributed by atoms with Gasteiger partial charge in [-0.1, -0.05) is 11.6 Å². The Hall–Kier alpha value is -1.23. The Morgan fingerprint density at radius 3 is 2.36 bits per heavy atom. The number of hydrogen-bond acceptors (Lipinski definition) is 2. The van der Waals surface area contributed by atoms with Crippen molar-refractivity contribution in [3.63, 3.8) is 0 Å². The summed E-state index contributed by atoms with van der Waals surface area (Å²) < 4.78 is 35.8. The predicted octanol–water partition coefficient (Wildman–Crippen LogP) is 2.79. The predicted molar refractivity (Wildman–Crippen MR) is 43.5 cm³/mol. The lowest BCUT2D eigenvalue weighted by Gasteiger charge is -2.06. The van der Waals surface area contributed by atoms with Crippen molar-refractivity contribution in [1.29, 1.82) is 0 Å². The summed E-state index contributed by atoms with van der Waals surface area (Å²) in [7, 11) is 0. The smallest absolute Gasteiger partial charge is 0.454 e. The summed E-state index contributed by atoms with van der Waals surface area (Å²) in [5, 5.41) is 8.42. The Kier molecular flexibility index (Phi) is 2.71. The second-order valence-corrected chi connectivity index (χ2v) is 2.90. The molecule has 0 aliphatic rings. The monoisotopic (exact) mass is 224 g/mol. The lowest BCUT2D eigenvalue weighted by Crippen LogP contribution is -2.22. The van der Waals surface area contributed by atoms with Gasteiger partial charge in [-0.2, -0.15) is 13.2 Å². The summed E-state index contributed by atoms with van der Waals surface area (Å²) >= 11 is 5.35. The molecular weight excluding hydrogens is 221 g/mol. The highest BCUT2D eigenvalue weighted by Crippen LogP contribution is 2.28. The van der Waals surface area contributed by atoms with Gasteiger partial charge in [0.05, 0.1) is 5.02 Å². The molecule has 0 aliphatic heterocycles. The van der Waals surface area contributed by atoms with Crippen molar-refractivity contribution < 1.29 is 23.1 Å². The van der Waals surface area contributed by atoms with Crippen molar-refractivity contribution in [2.45, 2.75) is 6.18 Å². The number of carbonyl (C=O) groups is 1. The molecule has 0 aromatic heterocycles. The van der Waals surface area contributed by atoms with Gasteiger partial charge in [0.2, 0.25) is 0 Å². The van der Waals surface area contributed by atoms with Crippen LogP contribution in [0.15, 0.2) is 18.2 Å². The Morgan fingerprint density at radius 2 is 1.93 bits per heavy atom. The maximum absolute atomic E-state index is 11.9. The molecule has 1 N–H and O–H groups in total. The lowest BCUT2D eigenvalue weighted by molar-refractivity contribution is -0.0885. The number of hydrogen-bond donors (Lipinski definition) is 1. The first-order chi connectivity index (χ1) is 6.32. The number of aromatic hydroxyl groups is 1. The highest BCUT2D eigenvalue weighted by Gasteiger charge is 2.40. The van der Waals surface area contributed by atoms with Crippen LogP contribution in [-0.2, 0) is 0 Å². The third kappa shape index (κ3) is 2.17. The quantitative estimate of drug-likeness (QED) is 0.745. The minimum absolute atomic E-state index is 0.297. The number of alkyl halides is 3. The molecule has 1 aromatic rings. The van der Waals surface area contributed by atoms with Crippen LogP contribution < -0.4 is 0 Å². The fourth-order valence-corrected chi connectivity index (χ4v) is 1.10. The third-order valence-corrected chi connectivity index (χ3v) is 1.77. The fraction of sp³-hybridized carbons (Fsp3) is 0.125. The van der Waals surface area contributed by atoms with Gasteiger partial charge in [-0.15, -0.1) is 0 Å². The van der Waals surface area contributed by atoms with Crippen LogP contribution in [0.4, 0.5) is 13.2 Å². The second kappa shape index (κ2) is 3.49. The average Bonchev–Trinajstić information content (AvgIpc) is 2.01. The van der Waals surface area contributed by atoms with E-state index in [9.17, 15) is 18.0 Å². The van der Waals surface area contributed by atoms with E-state index in [1.807, 2.05) is 0 Å². The summed E-state index contributed by atoms with van der Waals surface area (Å²) in [6, 6.07) is 2.67. The molecule has 2 nitrogen and oxygen atoms in total. The molecule has 6 heteroatoms. The average molecular weight is 225 g/mol. The normalized spacial score (nSPS) is 11.4. The minimum atomic E-state index is -4.96. The Morgan fingerprint density at radius 1 is 1.36 bits per heavy atom. The molecule has 14 heavy (non-hydrogen) atoms. The molecule has 76 valence electrons. The third-order valence-electron chi connectivity index (χ3n) is 1.45. The van der Waals surface area contributed by atoms with Gasteiger partial charge in [0, 0.05) is 5.56 Å². The van der Waals surface area contributed by atoms with Crippen LogP contribution in [0.3, 0.4) is 0 Å². The zero-order chi connectivity index (χ0) is 10.9. The molecule has 0 amide bonds. The SMILES string of the molecule is O=C(c1ccc(O)cc1Cl)C(F)(F)F. The number of Topliss-reactive ketones (excluding diaryl/α,β-unsaturated/α-hetero) is 1. The van der Waals surface area contributed by atoms with Crippen LogP contribution >= 0.6 is 11.6 Å². The van der Waals surface area contributed by atoms with Crippen molar-refractivity contribution >= 4 is 17.4 Å². The topological polar surface area (TPSA) is 37.3 Å². The first-order valence-electron chi connectivity index (χ1n) is 3.42. The van der Waals surface area contributed by atoms with E-state index in [0.717, 1.165) is 18.2 Å². The lowest BCUT2D eigenvalue weighted by atomic mass is 10.1. The molecule has 1 aromatic carbocycles. The van der Waals surface area contributed by atoms with Gasteiger partial charge < -0.3 is 5.11 Å². The van der Waals surface area contributed by atoms with Crippen molar-refractivity contribution in [1.82, 2.24) is 0 Å². The number of benzene rings is 1. The summed E-state index contributed by atoms with van der Waals surface area (Å²) in [6.45, 7) is 0. The van der Waals surface area contributed by atoms with E-state index >= 15 is 0 Å². The van der Waals surface area contributed by atoms with Gasteiger partial charge in [-0.3, -0.25) is 4.79 Å². The van der Waals surface area contributed by atoms with Crippen molar-refractivity contribution in [3.8, 4) is 5.75 Å². The number of halogens is 4. The minimum Gasteiger partial charge on any atom is -0.508 e. The van der Waals surface area contributed by atoms with Crippen LogP contribution in [0.5, 0.6) is 5.75 Å². The van der Waals surface area contributed by atoms with Gasteiger partial charge in [0.1, 0.15) is 5.75 Å². The van der Waals surface area contributed by atoms with Gasteiger partial charge in [-0.25, -0.2) is 0 Å². The maximum atomic E-state index is 11.9. The summed E-state index contributed by atoms with van der Waals surface area (Å²) in [4.78, 5) is 10.7. The molecule has 0 bridgehead atoms. The zero-order valence-electron chi connectivity index (χ0n) is 6.60. The van der Waals surface area contributed by atoms with E-state index in [1.54, 1.807) is 0 Å². The van der Waals surface area contributed by atoms with Crippen LogP contribution in [0.2, 0.25) is 5.02 Å². The van der Waals surface area contributed by atoms with Crippen LogP contribution in [0.25, 0.3) is 0 Å². The van der Waals surface area contributed by atoms with Crippen molar-refractivity contribution in [2.24, 2.45) is 0 Å². The van der Waals surface area contributed by atoms with Gasteiger partial charge in [0.15, 0.2) is 0 Å². The van der Waals surface area contributed by atoms with Crippen LogP contribution in [0, 0.1) is 0 Å². The Balaban J connectivity index is 3.15. The van der Waals surface area contributed by atoms with E-state index in [2.05, 4.69) is 0 Å². The summed E-state index contributed by atoms with van der Waals surface area (Å²) in [5.41, 5.74) is -0.669. The fourth-order valence-electron chi connectivity index (χ4n) is 0.841. The van der Waals surface area contributed by atoms with Crippen molar-refractivity contribution in [2.75, 3.05) is 0 Å². The molecule has 0 saturated carbocycles. The highest BCUT2D eigenvalue weighted by atomic mass is 35.5. The van der Waals surface area contributed by atoms with Crippen LogP contribution in [-0.4, -0.2) is 17.1 Å². The first kappa shape index (κ1) is 10.8. The van der Waals surface area contributed by atoms with E-state index in [1.165, 1.54) is 0 Å². The van der Waals surface area contributed by atoms with Gasteiger partial charge in [0.25, 0.3) is 5.78 Å². The molecule has 0 fully saturated rings. The number of phenols is 1. The van der Waals surface area contributed by atoms with Crippen LogP contribution in [0.1, 0.15) is 10.4 Å². The summed E-state index contributed by atoms with van der Waals surface area (Å²) in [6.07, 6.45) is -4.96. The molecular formula is C8H4ClF3O2. The highest BCUT2D eigenvalue weighted by molar-refractivity contribution is 6.34. The number of ketones is 1. The molecule has 1 rings (SSSR count). The molecule has 0 saturated heterocycles. The summed E-state index contributed by atoms with van der Waals surface area (Å²) in [5.74, 6) is -2.32. The largest absolute Gasteiger partial charge is 0.508 e. The molecule has 0 aliphatic carbocycles. The Bertz CT molecular complexity index is 373. The standard InChI is InChI=1S/C8H4ClF3O2/c9-6-3-4(13)1-2-5(6)7(14)8(10,11)12/h1-3,13H. The second-order valence-electron chi connectivity index (χ2n) is 2.49. The number of phenolic OH excluding ortho intramolecular Hbond substituents is 1. The first-order valence-corrected chi connectivity index (χ1v) is 3.80. The molecule has 0 unspecified atom stereocenters. The maximum Gasteiger partial charge on any atom is 0.454 e. The van der Waals surface area contributed by atoms with E-state index < -0.39 is 22.5 Å².